The van der Waals surface area contributed by atoms with Gasteiger partial charge in [-0.05, 0) is 27.2 Å². The predicted octanol–water partition coefficient (Wildman–Crippen LogP) is 2.12. The average molecular weight is 605 g/mol. The lowest BCUT2D eigenvalue weighted by Gasteiger charge is -2.25. The number of hydrogen-bond acceptors (Lipinski definition) is 13. The minimum absolute atomic E-state index is 0.0965. The van der Waals surface area contributed by atoms with Crippen molar-refractivity contribution in [1.29, 1.82) is 0 Å². The summed E-state index contributed by atoms with van der Waals surface area (Å²) in [5.41, 5.74) is -2.68. The lowest BCUT2D eigenvalue weighted by molar-refractivity contribution is -0.190. The van der Waals surface area contributed by atoms with Crippen molar-refractivity contribution in [3.05, 3.63) is 18.6 Å². The molecule has 0 aromatic carbocycles. The standard InChI is InChI=1S/C22H21F6N9O5/c1-20(2,3)33-10-4-7-36(9-10)19-29-8-11(34-35-19)12-14(38)15(41-17(39)21(23,24)25)13(37-30-5-6-31-37)16(32-12)42-18(40)22(26,27)28/h5-6,8,10,33,38H,4,7,9H2,1-3H3. The smallest absolute Gasteiger partial charge is 0.491 e. The number of aromatic nitrogens is 7. The van der Waals surface area contributed by atoms with Crippen LogP contribution in [0.4, 0.5) is 32.3 Å². The number of anilines is 1. The van der Waals surface area contributed by atoms with Gasteiger partial charge in [-0.1, -0.05) is 0 Å². The molecule has 0 saturated carbocycles. The van der Waals surface area contributed by atoms with Gasteiger partial charge in [0.1, 0.15) is 11.4 Å². The van der Waals surface area contributed by atoms with E-state index >= 15 is 0 Å². The van der Waals surface area contributed by atoms with Gasteiger partial charge in [0.05, 0.1) is 18.6 Å². The topological polar surface area (TPSA) is 170 Å². The van der Waals surface area contributed by atoms with E-state index in [2.05, 4.69) is 45.2 Å². The minimum Gasteiger partial charge on any atom is -0.503 e. The van der Waals surface area contributed by atoms with E-state index in [9.17, 15) is 41.0 Å². The fraction of sp³-hybridized carbons (Fsp3) is 0.455. The van der Waals surface area contributed by atoms with Crippen molar-refractivity contribution in [1.82, 2.24) is 40.5 Å². The highest BCUT2D eigenvalue weighted by molar-refractivity contribution is 5.84. The van der Waals surface area contributed by atoms with Crippen molar-refractivity contribution >= 4 is 17.9 Å². The molecule has 1 aliphatic heterocycles. The normalized spacial score (nSPS) is 16.0. The Morgan fingerprint density at radius 2 is 1.62 bits per heavy atom. The molecule has 0 amide bonds. The number of halogens is 6. The third-order valence-corrected chi connectivity index (χ3v) is 5.44. The van der Waals surface area contributed by atoms with E-state index in [1.807, 2.05) is 20.8 Å². The Labute approximate surface area is 231 Å². The minimum atomic E-state index is -5.62. The number of carbonyl (C=O) groups is 2. The molecule has 1 unspecified atom stereocenters. The molecule has 226 valence electrons. The van der Waals surface area contributed by atoms with E-state index in [0.29, 0.717) is 17.9 Å². The average Bonchev–Trinajstić information content (AvgIpc) is 3.56. The molecular weight excluding hydrogens is 584 g/mol. The molecule has 1 aliphatic rings. The zero-order chi connectivity index (χ0) is 31.0. The van der Waals surface area contributed by atoms with Gasteiger partial charge in [-0.25, -0.2) is 19.6 Å². The molecular formula is C22H21F6N9O5. The van der Waals surface area contributed by atoms with Crippen LogP contribution in [0, 0.1) is 0 Å². The largest absolute Gasteiger partial charge is 0.503 e. The Hall–Kier alpha value is -4.62. The van der Waals surface area contributed by atoms with Crippen LogP contribution in [0.5, 0.6) is 17.4 Å². The Kier molecular flexibility index (Phi) is 7.94. The quantitative estimate of drug-likeness (QED) is 0.310. The van der Waals surface area contributed by atoms with E-state index < -0.39 is 58.7 Å². The van der Waals surface area contributed by atoms with Crippen molar-refractivity contribution < 1.29 is 50.5 Å². The molecule has 1 fully saturated rings. The second-order valence-corrected chi connectivity index (χ2v) is 9.85. The van der Waals surface area contributed by atoms with Crippen LogP contribution in [0.2, 0.25) is 0 Å². The number of nitrogens with zero attached hydrogens (tertiary/aromatic N) is 8. The van der Waals surface area contributed by atoms with E-state index in [0.717, 1.165) is 25.0 Å². The van der Waals surface area contributed by atoms with Crippen molar-refractivity contribution in [2.45, 2.75) is 51.1 Å². The van der Waals surface area contributed by atoms with Crippen LogP contribution in [-0.2, 0) is 9.59 Å². The molecule has 14 nitrogen and oxygen atoms in total. The number of rotatable bonds is 6. The molecule has 4 rings (SSSR count). The van der Waals surface area contributed by atoms with Crippen molar-refractivity contribution in [2.75, 3.05) is 18.0 Å². The van der Waals surface area contributed by atoms with Gasteiger partial charge in [-0.3, -0.25) is 0 Å². The number of esters is 2. The lowest BCUT2D eigenvalue weighted by Crippen LogP contribution is -2.45. The summed E-state index contributed by atoms with van der Waals surface area (Å²) in [7, 11) is 0. The lowest BCUT2D eigenvalue weighted by atomic mass is 10.1. The Bertz CT molecular complexity index is 1460. The highest BCUT2D eigenvalue weighted by Crippen LogP contribution is 2.44. The first kappa shape index (κ1) is 30.3. The molecule has 0 bridgehead atoms. The van der Waals surface area contributed by atoms with E-state index in [-0.39, 0.29) is 17.5 Å². The van der Waals surface area contributed by atoms with E-state index in [1.54, 1.807) is 4.90 Å². The highest BCUT2D eigenvalue weighted by atomic mass is 19.4. The maximum atomic E-state index is 13.1. The van der Waals surface area contributed by atoms with Gasteiger partial charge in [-0.15, -0.1) is 15.0 Å². The van der Waals surface area contributed by atoms with Crippen LogP contribution < -0.4 is 19.7 Å². The van der Waals surface area contributed by atoms with Crippen LogP contribution in [0.3, 0.4) is 0 Å². The van der Waals surface area contributed by atoms with E-state index in [4.69, 9.17) is 0 Å². The second kappa shape index (κ2) is 11.0. The first-order valence-electron chi connectivity index (χ1n) is 11.9. The number of aromatic hydroxyl groups is 1. The molecule has 0 spiro atoms. The zero-order valence-corrected chi connectivity index (χ0v) is 21.9. The molecule has 3 aromatic rings. The van der Waals surface area contributed by atoms with Gasteiger partial charge < -0.3 is 24.8 Å². The zero-order valence-electron chi connectivity index (χ0n) is 21.9. The predicted molar refractivity (Wildman–Crippen MR) is 127 cm³/mol. The summed E-state index contributed by atoms with van der Waals surface area (Å²) >= 11 is 0. The van der Waals surface area contributed by atoms with Gasteiger partial charge in [0, 0.05) is 24.7 Å². The van der Waals surface area contributed by atoms with Gasteiger partial charge in [0.15, 0.2) is 11.4 Å². The molecule has 0 radical (unpaired) electrons. The molecule has 42 heavy (non-hydrogen) atoms. The summed E-state index contributed by atoms with van der Waals surface area (Å²) in [5, 5.41) is 29.1. The summed E-state index contributed by atoms with van der Waals surface area (Å²) in [4.78, 5) is 33.2. The first-order valence-corrected chi connectivity index (χ1v) is 11.9. The summed E-state index contributed by atoms with van der Waals surface area (Å²) in [6, 6.07) is 0.0965. The third kappa shape index (κ3) is 6.81. The summed E-state index contributed by atoms with van der Waals surface area (Å²) in [6.45, 7) is 7.03. The summed E-state index contributed by atoms with van der Waals surface area (Å²) in [6.07, 6.45) is -7.63. The number of nitrogens with one attached hydrogen (secondary N) is 1. The van der Waals surface area contributed by atoms with Gasteiger partial charge >= 0.3 is 24.3 Å². The second-order valence-electron chi connectivity index (χ2n) is 9.85. The first-order chi connectivity index (χ1) is 19.4. The summed E-state index contributed by atoms with van der Waals surface area (Å²) in [5.74, 6) is -9.76. The fourth-order valence-electron chi connectivity index (χ4n) is 3.87. The highest BCUT2D eigenvalue weighted by Gasteiger charge is 2.45. The maximum absolute atomic E-state index is 13.1. The number of alkyl halides is 6. The molecule has 1 atom stereocenters. The molecule has 0 aliphatic carbocycles. The van der Waals surface area contributed by atoms with Crippen molar-refractivity contribution in [3.63, 3.8) is 0 Å². The number of ether oxygens (including phenoxy) is 2. The molecule has 3 aromatic heterocycles. The van der Waals surface area contributed by atoms with Crippen molar-refractivity contribution in [3.8, 4) is 34.5 Å². The molecule has 20 heteroatoms. The maximum Gasteiger partial charge on any atom is 0.491 e. The summed E-state index contributed by atoms with van der Waals surface area (Å²) < 4.78 is 86.8. The number of hydrogen-bond donors (Lipinski definition) is 2. The SMILES string of the molecule is CC(C)(C)NC1CCN(c2ncc(-c3nc(OC(=O)C(F)(F)F)c(-n4nccn4)c(OC(=O)C(F)(F)F)c3O)nn2)C1. The third-order valence-electron chi connectivity index (χ3n) is 5.44. The van der Waals surface area contributed by atoms with Crippen LogP contribution in [0.1, 0.15) is 27.2 Å². The Balaban J connectivity index is 1.79. The van der Waals surface area contributed by atoms with Gasteiger partial charge in [-0.2, -0.15) is 36.5 Å². The number of carbonyl (C=O) groups excluding carboxylic acids is 2. The monoisotopic (exact) mass is 605 g/mol. The van der Waals surface area contributed by atoms with Crippen LogP contribution in [-0.4, -0.2) is 89.2 Å². The molecule has 2 N–H and O–H groups in total. The molecule has 4 heterocycles. The fourth-order valence-corrected chi connectivity index (χ4v) is 3.87. The van der Waals surface area contributed by atoms with Gasteiger partial charge in [0.25, 0.3) is 5.88 Å². The van der Waals surface area contributed by atoms with Crippen LogP contribution in [0.15, 0.2) is 18.6 Å². The Morgan fingerprint density at radius 3 is 2.17 bits per heavy atom. The van der Waals surface area contributed by atoms with Crippen LogP contribution >= 0.6 is 0 Å². The van der Waals surface area contributed by atoms with Crippen molar-refractivity contribution in [2.24, 2.45) is 0 Å². The number of pyridine rings is 1. The Morgan fingerprint density at radius 1 is 1.00 bits per heavy atom. The van der Waals surface area contributed by atoms with Crippen LogP contribution in [0.25, 0.3) is 17.1 Å². The molecule has 1 saturated heterocycles. The van der Waals surface area contributed by atoms with Gasteiger partial charge in [0.2, 0.25) is 11.7 Å². The van der Waals surface area contributed by atoms with E-state index in [1.165, 1.54) is 0 Å².